The van der Waals surface area contributed by atoms with Crippen molar-refractivity contribution in [2.45, 2.75) is 59.2 Å². The number of alkyl carbamates (subject to hydrolysis) is 1. The van der Waals surface area contributed by atoms with E-state index in [-0.39, 0.29) is 11.8 Å². The number of aromatic hydroxyl groups is 1. The minimum absolute atomic E-state index is 0.118. The summed E-state index contributed by atoms with van der Waals surface area (Å²) in [5, 5.41) is 15.9. The van der Waals surface area contributed by atoms with Gasteiger partial charge in [-0.2, -0.15) is 0 Å². The van der Waals surface area contributed by atoms with E-state index in [9.17, 15) is 9.90 Å². The Bertz CT molecular complexity index is 495. The number of hydrogen-bond acceptors (Lipinski definition) is 4. The number of amides is 1. The summed E-state index contributed by atoms with van der Waals surface area (Å²) in [7, 11) is 0. The third-order valence-corrected chi connectivity index (χ3v) is 3.20. The topological polar surface area (TPSA) is 70.6 Å². The van der Waals surface area contributed by atoms with Crippen LogP contribution >= 0.6 is 0 Å². The van der Waals surface area contributed by atoms with Crippen molar-refractivity contribution < 1.29 is 14.6 Å². The van der Waals surface area contributed by atoms with Gasteiger partial charge in [0.2, 0.25) is 0 Å². The number of benzene rings is 1. The minimum atomic E-state index is -0.493. The number of nitrogens with one attached hydrogen (secondary N) is 2. The van der Waals surface area contributed by atoms with E-state index < -0.39 is 11.7 Å². The van der Waals surface area contributed by atoms with Gasteiger partial charge in [-0.15, -0.1) is 0 Å². The van der Waals surface area contributed by atoms with Crippen molar-refractivity contribution in [1.29, 1.82) is 0 Å². The lowest BCUT2D eigenvalue weighted by Crippen LogP contribution is -2.42. The van der Waals surface area contributed by atoms with Gasteiger partial charge in [0.15, 0.2) is 0 Å². The zero-order valence-corrected chi connectivity index (χ0v) is 14.2. The molecular formula is C17H28N2O3. The van der Waals surface area contributed by atoms with Gasteiger partial charge >= 0.3 is 6.09 Å². The summed E-state index contributed by atoms with van der Waals surface area (Å²) < 4.78 is 5.21. The maximum absolute atomic E-state index is 11.7. The van der Waals surface area contributed by atoms with Gasteiger partial charge in [0.05, 0.1) is 0 Å². The number of phenols is 1. The van der Waals surface area contributed by atoms with Crippen molar-refractivity contribution in [2.75, 3.05) is 6.54 Å². The van der Waals surface area contributed by atoms with E-state index in [0.717, 1.165) is 17.5 Å². The average molecular weight is 308 g/mol. The molecule has 0 fully saturated rings. The normalized spacial score (nSPS) is 12.8. The highest BCUT2D eigenvalue weighted by molar-refractivity contribution is 5.67. The molecule has 22 heavy (non-hydrogen) atoms. The van der Waals surface area contributed by atoms with Gasteiger partial charge < -0.3 is 20.5 Å². The Morgan fingerprint density at radius 2 is 2.05 bits per heavy atom. The van der Waals surface area contributed by atoms with Crippen LogP contribution in [0.25, 0.3) is 0 Å². The Hall–Kier alpha value is -1.75. The molecule has 0 aliphatic rings. The first-order chi connectivity index (χ1) is 10.2. The van der Waals surface area contributed by atoms with E-state index in [4.69, 9.17) is 4.74 Å². The molecule has 3 N–H and O–H groups in total. The van der Waals surface area contributed by atoms with Gasteiger partial charge in [0.25, 0.3) is 0 Å². The second-order valence-corrected chi connectivity index (χ2v) is 6.50. The number of ether oxygens (including phenoxy) is 1. The molecule has 1 unspecified atom stereocenters. The molecule has 1 atom stereocenters. The number of phenolic OH excluding ortho intramolecular Hbond substituents is 1. The first kappa shape index (κ1) is 18.3. The first-order valence-electron chi connectivity index (χ1n) is 7.70. The SMILES string of the molecule is CCC(CNC(=O)OC(C)(C)C)NCc1cc(C)ccc1O. The number of rotatable bonds is 6. The molecule has 1 rings (SSSR count). The van der Waals surface area contributed by atoms with Gasteiger partial charge in [-0.1, -0.05) is 24.6 Å². The summed E-state index contributed by atoms with van der Waals surface area (Å²) in [6.07, 6.45) is 0.452. The molecule has 1 aromatic carbocycles. The standard InChI is InChI=1S/C17H28N2O3/c1-6-14(11-19-16(21)22-17(3,4)5)18-10-13-9-12(2)7-8-15(13)20/h7-9,14,18,20H,6,10-11H2,1-5H3,(H,19,21). The van der Waals surface area contributed by atoms with Crippen molar-refractivity contribution in [3.63, 3.8) is 0 Å². The molecule has 0 heterocycles. The Balaban J connectivity index is 2.45. The van der Waals surface area contributed by atoms with E-state index in [2.05, 4.69) is 10.6 Å². The molecule has 5 nitrogen and oxygen atoms in total. The second-order valence-electron chi connectivity index (χ2n) is 6.50. The van der Waals surface area contributed by atoms with E-state index in [1.807, 2.05) is 46.8 Å². The van der Waals surface area contributed by atoms with Crippen LogP contribution in [0.4, 0.5) is 4.79 Å². The van der Waals surface area contributed by atoms with E-state index in [1.54, 1.807) is 6.07 Å². The third kappa shape index (κ3) is 6.80. The van der Waals surface area contributed by atoms with Gasteiger partial charge in [-0.3, -0.25) is 0 Å². The predicted octanol–water partition coefficient (Wildman–Crippen LogP) is 3.09. The predicted molar refractivity (Wildman–Crippen MR) is 88.0 cm³/mol. The van der Waals surface area contributed by atoms with Crippen LogP contribution in [-0.4, -0.2) is 29.4 Å². The van der Waals surface area contributed by atoms with E-state index in [1.165, 1.54) is 0 Å². The number of carbonyl (C=O) groups excluding carboxylic acids is 1. The van der Waals surface area contributed by atoms with Crippen molar-refractivity contribution in [3.8, 4) is 5.75 Å². The van der Waals surface area contributed by atoms with Crippen LogP contribution in [0.2, 0.25) is 0 Å². The molecule has 0 aliphatic carbocycles. The third-order valence-electron chi connectivity index (χ3n) is 3.20. The quantitative estimate of drug-likeness (QED) is 0.755. The monoisotopic (exact) mass is 308 g/mol. The number of aryl methyl sites for hydroxylation is 1. The summed E-state index contributed by atoms with van der Waals surface area (Å²) in [5.41, 5.74) is 1.47. The Kier molecular flexibility index (Phi) is 6.68. The highest BCUT2D eigenvalue weighted by Gasteiger charge is 2.17. The van der Waals surface area contributed by atoms with Crippen LogP contribution in [0, 0.1) is 6.92 Å². The molecule has 0 saturated carbocycles. The van der Waals surface area contributed by atoms with Crippen LogP contribution in [-0.2, 0) is 11.3 Å². The largest absolute Gasteiger partial charge is 0.508 e. The smallest absolute Gasteiger partial charge is 0.407 e. The lowest BCUT2D eigenvalue weighted by molar-refractivity contribution is 0.0522. The van der Waals surface area contributed by atoms with Crippen molar-refractivity contribution in [1.82, 2.24) is 10.6 Å². The summed E-state index contributed by atoms with van der Waals surface area (Å²) in [4.78, 5) is 11.7. The van der Waals surface area contributed by atoms with Gasteiger partial charge in [0, 0.05) is 24.7 Å². The molecule has 0 aromatic heterocycles. The fourth-order valence-electron chi connectivity index (χ4n) is 1.99. The summed E-state index contributed by atoms with van der Waals surface area (Å²) in [6, 6.07) is 5.65. The highest BCUT2D eigenvalue weighted by Crippen LogP contribution is 2.18. The van der Waals surface area contributed by atoms with E-state index >= 15 is 0 Å². The zero-order chi connectivity index (χ0) is 16.8. The molecule has 1 aromatic rings. The maximum atomic E-state index is 11.7. The van der Waals surface area contributed by atoms with Crippen LogP contribution < -0.4 is 10.6 Å². The second kappa shape index (κ2) is 8.03. The zero-order valence-electron chi connectivity index (χ0n) is 14.2. The molecule has 0 saturated heterocycles. The van der Waals surface area contributed by atoms with E-state index in [0.29, 0.717) is 13.1 Å². The molecule has 0 spiro atoms. The Morgan fingerprint density at radius 3 is 2.64 bits per heavy atom. The molecule has 124 valence electrons. The van der Waals surface area contributed by atoms with Crippen LogP contribution in [0.1, 0.15) is 45.2 Å². The highest BCUT2D eigenvalue weighted by atomic mass is 16.6. The summed E-state index contributed by atoms with van der Waals surface area (Å²) in [5.74, 6) is 0.285. The molecule has 1 amide bonds. The summed E-state index contributed by atoms with van der Waals surface area (Å²) in [6.45, 7) is 10.6. The van der Waals surface area contributed by atoms with Gasteiger partial charge in [0.1, 0.15) is 11.4 Å². The first-order valence-corrected chi connectivity index (χ1v) is 7.70. The lowest BCUT2D eigenvalue weighted by atomic mass is 10.1. The van der Waals surface area contributed by atoms with Crippen LogP contribution in [0.3, 0.4) is 0 Å². The van der Waals surface area contributed by atoms with Crippen LogP contribution in [0.15, 0.2) is 18.2 Å². The Morgan fingerprint density at radius 1 is 1.36 bits per heavy atom. The van der Waals surface area contributed by atoms with Crippen molar-refractivity contribution in [3.05, 3.63) is 29.3 Å². The average Bonchev–Trinajstić information content (AvgIpc) is 2.40. The molecular weight excluding hydrogens is 280 g/mol. The Labute approximate surface area is 133 Å². The molecule has 0 bridgehead atoms. The number of carbonyl (C=O) groups is 1. The van der Waals surface area contributed by atoms with Crippen molar-refractivity contribution in [2.24, 2.45) is 0 Å². The molecule has 0 radical (unpaired) electrons. The fraction of sp³-hybridized carbons (Fsp3) is 0.588. The molecule has 0 aliphatic heterocycles. The lowest BCUT2D eigenvalue weighted by Gasteiger charge is -2.22. The molecule has 5 heteroatoms. The van der Waals surface area contributed by atoms with Gasteiger partial charge in [-0.05, 0) is 40.2 Å². The number of hydrogen-bond donors (Lipinski definition) is 3. The van der Waals surface area contributed by atoms with Crippen LogP contribution in [0.5, 0.6) is 5.75 Å². The minimum Gasteiger partial charge on any atom is -0.508 e. The van der Waals surface area contributed by atoms with Crippen molar-refractivity contribution >= 4 is 6.09 Å². The van der Waals surface area contributed by atoms with Gasteiger partial charge in [-0.25, -0.2) is 4.79 Å². The summed E-state index contributed by atoms with van der Waals surface area (Å²) >= 11 is 0. The fourth-order valence-corrected chi connectivity index (χ4v) is 1.99. The maximum Gasteiger partial charge on any atom is 0.407 e.